The number of alkyl halides is 1. The van der Waals surface area contributed by atoms with Crippen LogP contribution in [0.1, 0.15) is 23.6 Å². The van der Waals surface area contributed by atoms with Crippen molar-refractivity contribution < 1.29 is 0 Å². The van der Waals surface area contributed by atoms with Gasteiger partial charge in [0.25, 0.3) is 0 Å². The maximum Gasteiger partial charge on any atom is 0.0883 e. The van der Waals surface area contributed by atoms with Crippen molar-refractivity contribution in [1.29, 1.82) is 0 Å². The molecule has 0 spiro atoms. The van der Waals surface area contributed by atoms with Crippen molar-refractivity contribution in [3.8, 4) is 0 Å². The van der Waals surface area contributed by atoms with E-state index in [1.54, 1.807) is 0 Å². The van der Waals surface area contributed by atoms with Gasteiger partial charge in [0.15, 0.2) is 0 Å². The fourth-order valence-electron chi connectivity index (χ4n) is 2.76. The van der Waals surface area contributed by atoms with Crippen LogP contribution in [-0.4, -0.2) is 15.4 Å². The van der Waals surface area contributed by atoms with E-state index in [-0.39, 0.29) is 6.04 Å². The van der Waals surface area contributed by atoms with E-state index in [4.69, 9.17) is 11.6 Å². The number of hydrogen-bond acceptors (Lipinski definition) is 1. The van der Waals surface area contributed by atoms with Gasteiger partial charge in [0.05, 0.1) is 17.1 Å². The molecule has 20 heavy (non-hydrogen) atoms. The number of fused-ring (bicyclic) bond motifs is 1. The van der Waals surface area contributed by atoms with Crippen molar-refractivity contribution in [3.63, 3.8) is 0 Å². The zero-order valence-electron chi connectivity index (χ0n) is 11.5. The van der Waals surface area contributed by atoms with E-state index in [1.807, 2.05) is 12.3 Å². The van der Waals surface area contributed by atoms with Crippen LogP contribution in [0, 0.1) is 6.92 Å². The quantitative estimate of drug-likeness (QED) is 0.642. The molecule has 0 saturated heterocycles. The first-order valence-corrected chi connectivity index (χ1v) is 7.38. The zero-order valence-corrected chi connectivity index (χ0v) is 12.2. The SMILES string of the molecule is Cc1ccnc2ccn(C(CCCl)c3ccccc3)c12. The number of aryl methyl sites for hydroxylation is 1. The van der Waals surface area contributed by atoms with Crippen LogP contribution >= 0.6 is 11.6 Å². The predicted octanol–water partition coefficient (Wildman–Crippen LogP) is 4.56. The Bertz CT molecular complexity index is 703. The minimum absolute atomic E-state index is 0.258. The molecule has 0 aliphatic heterocycles. The van der Waals surface area contributed by atoms with E-state index in [2.05, 4.69) is 59.1 Å². The molecule has 0 saturated carbocycles. The van der Waals surface area contributed by atoms with Gasteiger partial charge in [-0.15, -0.1) is 11.6 Å². The summed E-state index contributed by atoms with van der Waals surface area (Å²) in [6, 6.07) is 14.9. The van der Waals surface area contributed by atoms with Crippen molar-refractivity contribution in [2.45, 2.75) is 19.4 Å². The summed E-state index contributed by atoms with van der Waals surface area (Å²) in [4.78, 5) is 4.45. The third kappa shape index (κ3) is 2.32. The van der Waals surface area contributed by atoms with E-state index in [0.717, 1.165) is 11.9 Å². The average Bonchev–Trinajstić information content (AvgIpc) is 2.91. The number of halogens is 1. The molecule has 0 N–H and O–H groups in total. The summed E-state index contributed by atoms with van der Waals surface area (Å²) < 4.78 is 2.30. The number of nitrogens with zero attached hydrogens (tertiary/aromatic N) is 2. The second kappa shape index (κ2) is 5.68. The molecule has 1 aromatic carbocycles. The third-order valence-electron chi connectivity index (χ3n) is 3.71. The van der Waals surface area contributed by atoms with Gasteiger partial charge in [-0.25, -0.2) is 0 Å². The molecule has 3 heteroatoms. The molecule has 2 nitrogen and oxygen atoms in total. The van der Waals surface area contributed by atoms with Crippen molar-refractivity contribution >= 4 is 22.6 Å². The highest BCUT2D eigenvalue weighted by Crippen LogP contribution is 2.28. The maximum atomic E-state index is 6.03. The van der Waals surface area contributed by atoms with Gasteiger partial charge in [-0.2, -0.15) is 0 Å². The van der Waals surface area contributed by atoms with Crippen LogP contribution in [0.3, 0.4) is 0 Å². The van der Waals surface area contributed by atoms with Gasteiger partial charge < -0.3 is 4.57 Å². The normalized spacial score (nSPS) is 12.7. The van der Waals surface area contributed by atoms with Crippen molar-refractivity contribution in [1.82, 2.24) is 9.55 Å². The minimum atomic E-state index is 0.258. The van der Waals surface area contributed by atoms with E-state index in [1.165, 1.54) is 16.6 Å². The van der Waals surface area contributed by atoms with Crippen molar-refractivity contribution in [2.75, 3.05) is 5.88 Å². The Morgan fingerprint density at radius 3 is 2.70 bits per heavy atom. The molecular weight excluding hydrogens is 268 g/mol. The summed E-state index contributed by atoms with van der Waals surface area (Å²) in [7, 11) is 0. The second-order valence-electron chi connectivity index (χ2n) is 4.99. The molecule has 0 bridgehead atoms. The molecule has 1 unspecified atom stereocenters. The zero-order chi connectivity index (χ0) is 13.9. The second-order valence-corrected chi connectivity index (χ2v) is 5.37. The summed E-state index contributed by atoms with van der Waals surface area (Å²) in [5, 5.41) is 0. The van der Waals surface area contributed by atoms with Gasteiger partial charge in [-0.1, -0.05) is 30.3 Å². The van der Waals surface area contributed by atoms with Crippen LogP contribution in [0.15, 0.2) is 54.9 Å². The standard InChI is InChI=1S/C17H17ClN2/c1-13-8-11-19-15-9-12-20(17(13)15)16(7-10-18)14-5-3-2-4-6-14/h2-6,8-9,11-12,16H,7,10H2,1H3. The lowest BCUT2D eigenvalue weighted by molar-refractivity contribution is 0.587. The molecule has 102 valence electrons. The van der Waals surface area contributed by atoms with Gasteiger partial charge in [0.1, 0.15) is 0 Å². The Morgan fingerprint density at radius 2 is 1.95 bits per heavy atom. The van der Waals surface area contributed by atoms with E-state index < -0.39 is 0 Å². The first-order chi connectivity index (χ1) is 9.81. The van der Waals surface area contributed by atoms with Crippen LogP contribution in [0.25, 0.3) is 11.0 Å². The Labute approximate surface area is 124 Å². The van der Waals surface area contributed by atoms with Crippen LogP contribution in [0.5, 0.6) is 0 Å². The topological polar surface area (TPSA) is 17.8 Å². The highest BCUT2D eigenvalue weighted by molar-refractivity contribution is 6.17. The Hall–Kier alpha value is -1.80. The lowest BCUT2D eigenvalue weighted by atomic mass is 10.0. The summed E-state index contributed by atoms with van der Waals surface area (Å²) in [5.74, 6) is 0.637. The van der Waals surface area contributed by atoms with E-state index >= 15 is 0 Å². The molecule has 3 rings (SSSR count). The number of rotatable bonds is 4. The average molecular weight is 285 g/mol. The van der Waals surface area contributed by atoms with Crippen LogP contribution in [0.2, 0.25) is 0 Å². The minimum Gasteiger partial charge on any atom is -0.338 e. The maximum absolute atomic E-state index is 6.03. The Kier molecular flexibility index (Phi) is 3.75. The molecule has 2 aromatic heterocycles. The fourth-order valence-corrected chi connectivity index (χ4v) is 2.97. The molecule has 2 heterocycles. The number of aromatic nitrogens is 2. The van der Waals surface area contributed by atoms with Gasteiger partial charge >= 0.3 is 0 Å². The predicted molar refractivity (Wildman–Crippen MR) is 84.4 cm³/mol. The summed E-state index contributed by atoms with van der Waals surface area (Å²) >= 11 is 6.03. The van der Waals surface area contributed by atoms with Gasteiger partial charge in [0, 0.05) is 18.3 Å². The molecule has 0 fully saturated rings. The number of pyridine rings is 1. The first-order valence-electron chi connectivity index (χ1n) is 6.84. The molecule has 0 amide bonds. The van der Waals surface area contributed by atoms with Crippen LogP contribution < -0.4 is 0 Å². The van der Waals surface area contributed by atoms with E-state index in [9.17, 15) is 0 Å². The fraction of sp³-hybridized carbons (Fsp3) is 0.235. The summed E-state index contributed by atoms with van der Waals surface area (Å²) in [5.41, 5.74) is 4.77. The molecule has 3 aromatic rings. The molecule has 0 aliphatic carbocycles. The van der Waals surface area contributed by atoms with Gasteiger partial charge in [-0.05, 0) is 36.6 Å². The largest absolute Gasteiger partial charge is 0.338 e. The van der Waals surface area contributed by atoms with Crippen LogP contribution in [-0.2, 0) is 0 Å². The summed E-state index contributed by atoms with van der Waals surface area (Å²) in [6.45, 7) is 2.13. The molecule has 0 aliphatic rings. The lowest BCUT2D eigenvalue weighted by Crippen LogP contribution is -2.11. The van der Waals surface area contributed by atoms with Crippen molar-refractivity contribution in [2.24, 2.45) is 0 Å². The lowest BCUT2D eigenvalue weighted by Gasteiger charge is -2.20. The Morgan fingerprint density at radius 1 is 1.15 bits per heavy atom. The molecular formula is C17H17ClN2. The number of benzene rings is 1. The van der Waals surface area contributed by atoms with Gasteiger partial charge in [-0.3, -0.25) is 4.98 Å². The Balaban J connectivity index is 2.15. The van der Waals surface area contributed by atoms with Gasteiger partial charge in [0.2, 0.25) is 0 Å². The monoisotopic (exact) mass is 284 g/mol. The van der Waals surface area contributed by atoms with Crippen LogP contribution in [0.4, 0.5) is 0 Å². The van der Waals surface area contributed by atoms with Crippen molar-refractivity contribution in [3.05, 3.63) is 66.0 Å². The highest BCUT2D eigenvalue weighted by Gasteiger charge is 2.16. The first kappa shape index (κ1) is 13.2. The summed E-state index contributed by atoms with van der Waals surface area (Å²) in [6.07, 6.45) is 4.89. The third-order valence-corrected chi connectivity index (χ3v) is 3.93. The van der Waals surface area contributed by atoms with E-state index in [0.29, 0.717) is 5.88 Å². The molecule has 0 radical (unpaired) electrons. The number of hydrogen-bond donors (Lipinski definition) is 0. The smallest absolute Gasteiger partial charge is 0.0883 e. The molecule has 1 atom stereocenters. The highest BCUT2D eigenvalue weighted by atomic mass is 35.5.